The Balaban J connectivity index is 1.81. The van der Waals surface area contributed by atoms with E-state index in [0.29, 0.717) is 12.2 Å². The van der Waals surface area contributed by atoms with Crippen LogP contribution in [0, 0.1) is 5.82 Å². The summed E-state index contributed by atoms with van der Waals surface area (Å²) in [5, 5.41) is 5.14. The predicted octanol–water partition coefficient (Wildman–Crippen LogP) is 3.51. The molecule has 0 spiro atoms. The van der Waals surface area contributed by atoms with Crippen molar-refractivity contribution in [3.63, 3.8) is 0 Å². The third kappa shape index (κ3) is 6.63. The lowest BCUT2D eigenvalue weighted by Crippen LogP contribution is -2.34. The van der Waals surface area contributed by atoms with E-state index in [0.717, 1.165) is 26.1 Å². The van der Waals surface area contributed by atoms with Crippen molar-refractivity contribution in [2.75, 3.05) is 43.9 Å². The van der Waals surface area contributed by atoms with Crippen LogP contribution in [-0.2, 0) is 4.79 Å². The maximum atomic E-state index is 13.9. The molecule has 0 unspecified atom stereocenters. The van der Waals surface area contributed by atoms with Crippen molar-refractivity contribution in [2.45, 2.75) is 39.0 Å². The summed E-state index contributed by atoms with van der Waals surface area (Å²) in [7, 11) is 1.70. The number of likely N-dealkylation sites (tertiary alicyclic amines) is 1. The molecule has 2 N–H and O–H groups in total. The summed E-state index contributed by atoms with van der Waals surface area (Å²) in [5.41, 5.74) is 0.499. The lowest BCUT2D eigenvalue weighted by Gasteiger charge is -2.22. The molecular formula is C19H29FN4O2. The number of carbonyl (C=O) groups is 2. The van der Waals surface area contributed by atoms with Crippen LogP contribution in [0.2, 0.25) is 0 Å². The molecule has 0 aromatic heterocycles. The molecule has 144 valence electrons. The highest BCUT2D eigenvalue weighted by Crippen LogP contribution is 2.20. The van der Waals surface area contributed by atoms with Gasteiger partial charge in [0.1, 0.15) is 5.82 Å². The Kier molecular flexibility index (Phi) is 7.84. The van der Waals surface area contributed by atoms with Gasteiger partial charge in [-0.25, -0.2) is 9.18 Å². The molecule has 0 saturated carbocycles. The van der Waals surface area contributed by atoms with Crippen LogP contribution in [0.5, 0.6) is 0 Å². The number of urea groups is 1. The summed E-state index contributed by atoms with van der Waals surface area (Å²) < 4.78 is 13.9. The zero-order chi connectivity index (χ0) is 18.9. The number of nitrogens with zero attached hydrogens (tertiary/aromatic N) is 2. The molecule has 1 heterocycles. The van der Waals surface area contributed by atoms with E-state index in [9.17, 15) is 14.0 Å². The number of hydrogen-bond donors (Lipinski definition) is 2. The van der Waals surface area contributed by atoms with E-state index in [4.69, 9.17) is 0 Å². The molecule has 7 heteroatoms. The molecule has 0 atom stereocenters. The van der Waals surface area contributed by atoms with E-state index in [1.165, 1.54) is 50.8 Å². The SMILES string of the molecule is CC(=O)Nc1ccc(F)c(NC(=O)N(C)CCCN2CCCCCC2)c1. The largest absolute Gasteiger partial charge is 0.328 e. The summed E-state index contributed by atoms with van der Waals surface area (Å²) in [6.07, 6.45) is 6.00. The molecule has 1 aliphatic heterocycles. The van der Waals surface area contributed by atoms with Gasteiger partial charge < -0.3 is 20.4 Å². The molecule has 1 aliphatic rings. The van der Waals surface area contributed by atoms with E-state index in [-0.39, 0.29) is 17.6 Å². The molecule has 1 saturated heterocycles. The number of halogens is 1. The van der Waals surface area contributed by atoms with Crippen LogP contribution in [0.25, 0.3) is 0 Å². The predicted molar refractivity (Wildman–Crippen MR) is 102 cm³/mol. The van der Waals surface area contributed by atoms with E-state index in [2.05, 4.69) is 15.5 Å². The molecule has 1 aromatic rings. The van der Waals surface area contributed by atoms with Crippen LogP contribution in [0.4, 0.5) is 20.6 Å². The lowest BCUT2D eigenvalue weighted by atomic mass is 10.2. The molecule has 6 nitrogen and oxygen atoms in total. The van der Waals surface area contributed by atoms with Crippen LogP contribution in [0.15, 0.2) is 18.2 Å². The second-order valence-corrected chi connectivity index (χ2v) is 6.84. The number of benzene rings is 1. The van der Waals surface area contributed by atoms with Gasteiger partial charge in [-0.2, -0.15) is 0 Å². The Bertz CT molecular complexity index is 616. The van der Waals surface area contributed by atoms with Crippen molar-refractivity contribution in [3.05, 3.63) is 24.0 Å². The van der Waals surface area contributed by atoms with E-state index in [1.807, 2.05) is 0 Å². The van der Waals surface area contributed by atoms with E-state index >= 15 is 0 Å². The van der Waals surface area contributed by atoms with Gasteiger partial charge in [-0.1, -0.05) is 12.8 Å². The molecule has 0 radical (unpaired) electrons. The summed E-state index contributed by atoms with van der Waals surface area (Å²) in [6.45, 7) is 5.23. The van der Waals surface area contributed by atoms with Crippen molar-refractivity contribution in [3.8, 4) is 0 Å². The van der Waals surface area contributed by atoms with Crippen molar-refractivity contribution in [1.82, 2.24) is 9.80 Å². The Morgan fingerprint density at radius 2 is 1.85 bits per heavy atom. The van der Waals surface area contributed by atoms with E-state index in [1.54, 1.807) is 11.9 Å². The van der Waals surface area contributed by atoms with Crippen LogP contribution in [-0.4, -0.2) is 55.0 Å². The average molecular weight is 364 g/mol. The quantitative estimate of drug-likeness (QED) is 0.812. The van der Waals surface area contributed by atoms with Crippen molar-refractivity contribution in [1.29, 1.82) is 0 Å². The third-order valence-electron chi connectivity index (χ3n) is 4.54. The smallest absolute Gasteiger partial charge is 0.321 e. The molecule has 0 aliphatic carbocycles. The fourth-order valence-electron chi connectivity index (χ4n) is 3.11. The number of hydrogen-bond acceptors (Lipinski definition) is 3. The topological polar surface area (TPSA) is 64.7 Å². The minimum absolute atomic E-state index is 0.0561. The fourth-order valence-corrected chi connectivity index (χ4v) is 3.11. The minimum atomic E-state index is -0.537. The number of rotatable bonds is 6. The zero-order valence-electron chi connectivity index (χ0n) is 15.7. The van der Waals surface area contributed by atoms with Gasteiger partial charge in [0.05, 0.1) is 5.69 Å². The summed E-state index contributed by atoms with van der Waals surface area (Å²) in [5.74, 6) is -0.787. The monoisotopic (exact) mass is 364 g/mol. The Labute approximate surface area is 154 Å². The maximum absolute atomic E-state index is 13.9. The van der Waals surface area contributed by atoms with Gasteiger partial charge in [-0.15, -0.1) is 0 Å². The lowest BCUT2D eigenvalue weighted by molar-refractivity contribution is -0.114. The zero-order valence-corrected chi connectivity index (χ0v) is 15.7. The van der Waals surface area contributed by atoms with Gasteiger partial charge in [-0.3, -0.25) is 4.79 Å². The third-order valence-corrected chi connectivity index (χ3v) is 4.54. The number of amides is 3. The number of nitrogens with one attached hydrogen (secondary N) is 2. The second-order valence-electron chi connectivity index (χ2n) is 6.84. The van der Waals surface area contributed by atoms with Gasteiger partial charge in [0.25, 0.3) is 0 Å². The number of anilines is 2. The highest BCUT2D eigenvalue weighted by Gasteiger charge is 2.14. The van der Waals surface area contributed by atoms with Gasteiger partial charge in [0, 0.05) is 26.2 Å². The van der Waals surface area contributed by atoms with Crippen LogP contribution >= 0.6 is 0 Å². The first-order valence-corrected chi connectivity index (χ1v) is 9.27. The molecule has 26 heavy (non-hydrogen) atoms. The second kappa shape index (κ2) is 10.1. The molecular weight excluding hydrogens is 335 g/mol. The Morgan fingerprint density at radius 3 is 2.50 bits per heavy atom. The van der Waals surface area contributed by atoms with E-state index < -0.39 is 5.82 Å². The van der Waals surface area contributed by atoms with Crippen molar-refractivity contribution < 1.29 is 14.0 Å². The first kappa shape index (κ1) is 20.2. The minimum Gasteiger partial charge on any atom is -0.328 e. The summed E-state index contributed by atoms with van der Waals surface area (Å²) in [4.78, 5) is 27.4. The highest BCUT2D eigenvalue weighted by atomic mass is 19.1. The van der Waals surface area contributed by atoms with Crippen LogP contribution in [0.1, 0.15) is 39.0 Å². The molecule has 1 aromatic carbocycles. The maximum Gasteiger partial charge on any atom is 0.321 e. The highest BCUT2D eigenvalue weighted by molar-refractivity contribution is 5.92. The number of carbonyl (C=O) groups excluding carboxylic acids is 2. The van der Waals surface area contributed by atoms with Crippen molar-refractivity contribution in [2.24, 2.45) is 0 Å². The summed E-state index contributed by atoms with van der Waals surface area (Å²) in [6, 6.07) is 3.73. The molecule has 2 rings (SSSR count). The summed E-state index contributed by atoms with van der Waals surface area (Å²) >= 11 is 0. The van der Waals surface area contributed by atoms with Gasteiger partial charge in [0.15, 0.2) is 0 Å². The molecule has 0 bridgehead atoms. The van der Waals surface area contributed by atoms with Gasteiger partial charge >= 0.3 is 6.03 Å². The Morgan fingerprint density at radius 1 is 1.15 bits per heavy atom. The van der Waals surface area contributed by atoms with Crippen LogP contribution in [0.3, 0.4) is 0 Å². The van der Waals surface area contributed by atoms with Gasteiger partial charge in [-0.05, 0) is 57.1 Å². The van der Waals surface area contributed by atoms with Gasteiger partial charge in [0.2, 0.25) is 5.91 Å². The first-order chi connectivity index (χ1) is 12.5. The van der Waals surface area contributed by atoms with Crippen LogP contribution < -0.4 is 10.6 Å². The van der Waals surface area contributed by atoms with Crippen molar-refractivity contribution >= 4 is 23.3 Å². The first-order valence-electron chi connectivity index (χ1n) is 9.27. The molecule has 1 fully saturated rings. The standard InChI is InChI=1S/C19H29FN4O2/c1-15(25)21-16-8-9-17(20)18(14-16)22-19(26)23(2)10-7-13-24-11-5-3-4-6-12-24/h8-9,14H,3-7,10-13H2,1-2H3,(H,21,25)(H,22,26). The molecule has 3 amide bonds. The Hall–Kier alpha value is -2.15. The average Bonchev–Trinajstić information content (AvgIpc) is 2.86. The fraction of sp³-hybridized carbons (Fsp3) is 0.579. The normalized spacial score (nSPS) is 15.2.